The van der Waals surface area contributed by atoms with Crippen LogP contribution in [0.2, 0.25) is 0 Å². The molecule has 0 bridgehead atoms. The molecule has 2 aromatic rings. The summed E-state index contributed by atoms with van der Waals surface area (Å²) in [5.41, 5.74) is 2.99. The van der Waals surface area contributed by atoms with Crippen LogP contribution >= 0.6 is 0 Å². The van der Waals surface area contributed by atoms with E-state index in [9.17, 15) is 26.4 Å². The van der Waals surface area contributed by atoms with Gasteiger partial charge in [-0.2, -0.15) is 21.6 Å². The number of carbonyl (C=O) groups excluding carboxylic acids is 1. The van der Waals surface area contributed by atoms with Gasteiger partial charge in [-0.15, -0.1) is 0 Å². The summed E-state index contributed by atoms with van der Waals surface area (Å²) in [6.07, 6.45) is -3.87. The standard InChI is InChI=1S/C20H23F3N2O4S/c1-13(2)19(18(24)26,29-30(3,27)28)25-12-14-9-10-16(15-7-5-4-6-8-15)17(11-14)20(21,22)23/h4-11,13,25H,12H2,1-3H3,(H2,24,26)/t19-/m1/s1. The molecular formula is C20H23F3N2O4S. The number of primary amides is 1. The summed E-state index contributed by atoms with van der Waals surface area (Å²) in [6.45, 7) is 2.72. The second-order valence-corrected chi connectivity index (χ2v) is 8.71. The molecule has 0 aliphatic rings. The first-order chi connectivity index (χ1) is 13.8. The largest absolute Gasteiger partial charge is 0.417 e. The number of nitrogens with two attached hydrogens (primary N) is 1. The summed E-state index contributed by atoms with van der Waals surface area (Å²) in [6, 6.07) is 11.8. The number of hydrogen-bond acceptors (Lipinski definition) is 5. The highest BCUT2D eigenvalue weighted by Gasteiger charge is 2.44. The minimum absolute atomic E-state index is 0.00394. The molecule has 1 amide bonds. The molecule has 2 rings (SSSR count). The monoisotopic (exact) mass is 444 g/mol. The summed E-state index contributed by atoms with van der Waals surface area (Å²) >= 11 is 0. The predicted molar refractivity (Wildman–Crippen MR) is 106 cm³/mol. The van der Waals surface area contributed by atoms with Gasteiger partial charge < -0.3 is 5.73 Å². The zero-order valence-corrected chi connectivity index (χ0v) is 17.5. The lowest BCUT2D eigenvalue weighted by molar-refractivity contribution is -0.141. The summed E-state index contributed by atoms with van der Waals surface area (Å²) in [5, 5.41) is 2.60. The Morgan fingerprint density at radius 1 is 1.13 bits per heavy atom. The van der Waals surface area contributed by atoms with E-state index in [1.807, 2.05) is 0 Å². The zero-order valence-electron chi connectivity index (χ0n) is 16.7. The number of carbonyl (C=O) groups is 1. The minimum atomic E-state index is -4.62. The average molecular weight is 444 g/mol. The predicted octanol–water partition coefficient (Wildman–Crippen LogP) is 3.28. The molecule has 1 atom stereocenters. The molecule has 0 aromatic heterocycles. The van der Waals surface area contributed by atoms with Crippen LogP contribution in [0.3, 0.4) is 0 Å². The molecule has 10 heteroatoms. The lowest BCUT2D eigenvalue weighted by Gasteiger charge is -2.34. The van der Waals surface area contributed by atoms with Crippen molar-refractivity contribution >= 4 is 16.0 Å². The van der Waals surface area contributed by atoms with Crippen LogP contribution in [0, 0.1) is 5.92 Å². The van der Waals surface area contributed by atoms with Crippen molar-refractivity contribution in [3.63, 3.8) is 0 Å². The van der Waals surface area contributed by atoms with Crippen molar-refractivity contribution in [3.8, 4) is 11.1 Å². The van der Waals surface area contributed by atoms with Crippen molar-refractivity contribution in [1.82, 2.24) is 5.32 Å². The highest BCUT2D eigenvalue weighted by molar-refractivity contribution is 7.86. The highest BCUT2D eigenvalue weighted by Crippen LogP contribution is 2.37. The molecule has 0 unspecified atom stereocenters. The van der Waals surface area contributed by atoms with Gasteiger partial charge in [-0.25, -0.2) is 4.18 Å². The Kier molecular flexibility index (Phi) is 6.95. The molecule has 2 aromatic carbocycles. The van der Waals surface area contributed by atoms with Crippen LogP contribution in [0.15, 0.2) is 48.5 Å². The molecule has 6 nitrogen and oxygen atoms in total. The lowest BCUT2D eigenvalue weighted by atomic mass is 9.96. The Morgan fingerprint density at radius 2 is 1.73 bits per heavy atom. The molecule has 0 fully saturated rings. The number of nitrogens with one attached hydrogen (secondary N) is 1. The summed E-state index contributed by atoms with van der Waals surface area (Å²) in [7, 11) is -4.09. The third-order valence-electron chi connectivity index (χ3n) is 4.49. The van der Waals surface area contributed by atoms with Gasteiger partial charge in [0.1, 0.15) is 0 Å². The SMILES string of the molecule is CC(C)[C@@](NCc1ccc(-c2ccccc2)c(C(F)(F)F)c1)(OS(C)(=O)=O)C(N)=O. The molecule has 0 saturated heterocycles. The fraction of sp³-hybridized carbons (Fsp3) is 0.350. The van der Waals surface area contributed by atoms with E-state index in [0.29, 0.717) is 5.56 Å². The lowest BCUT2D eigenvalue weighted by Crippen LogP contribution is -2.61. The van der Waals surface area contributed by atoms with Gasteiger partial charge in [0.2, 0.25) is 5.72 Å². The zero-order chi connectivity index (χ0) is 22.7. The van der Waals surface area contributed by atoms with Crippen LogP contribution in [-0.2, 0) is 31.8 Å². The Morgan fingerprint density at radius 3 is 2.20 bits per heavy atom. The molecule has 0 saturated carbocycles. The first kappa shape index (κ1) is 23.8. The third kappa shape index (κ3) is 5.59. The van der Waals surface area contributed by atoms with Gasteiger partial charge >= 0.3 is 6.18 Å². The van der Waals surface area contributed by atoms with E-state index in [0.717, 1.165) is 12.3 Å². The van der Waals surface area contributed by atoms with Crippen LogP contribution in [-0.4, -0.2) is 26.3 Å². The number of rotatable bonds is 8. The van der Waals surface area contributed by atoms with Crippen molar-refractivity contribution in [2.75, 3.05) is 6.26 Å². The van der Waals surface area contributed by atoms with E-state index in [4.69, 9.17) is 9.92 Å². The smallest absolute Gasteiger partial charge is 0.366 e. The van der Waals surface area contributed by atoms with E-state index < -0.39 is 39.4 Å². The van der Waals surface area contributed by atoms with Crippen molar-refractivity contribution < 1.29 is 30.6 Å². The maximum atomic E-state index is 13.7. The van der Waals surface area contributed by atoms with E-state index in [1.54, 1.807) is 30.3 Å². The highest BCUT2D eigenvalue weighted by atomic mass is 32.2. The van der Waals surface area contributed by atoms with Gasteiger partial charge in [-0.1, -0.05) is 56.3 Å². The van der Waals surface area contributed by atoms with Gasteiger partial charge in [0.05, 0.1) is 11.8 Å². The first-order valence-corrected chi connectivity index (χ1v) is 10.8. The Hall–Kier alpha value is -2.43. The first-order valence-electron chi connectivity index (χ1n) is 8.97. The minimum Gasteiger partial charge on any atom is -0.366 e. The fourth-order valence-electron chi connectivity index (χ4n) is 3.02. The third-order valence-corrected chi connectivity index (χ3v) is 5.06. The Bertz CT molecular complexity index is 1010. The topological polar surface area (TPSA) is 98.5 Å². The maximum absolute atomic E-state index is 13.7. The number of alkyl halides is 3. The van der Waals surface area contributed by atoms with Crippen LogP contribution in [0.4, 0.5) is 13.2 Å². The van der Waals surface area contributed by atoms with Crippen molar-refractivity contribution in [2.45, 2.75) is 32.3 Å². The van der Waals surface area contributed by atoms with Crippen molar-refractivity contribution in [2.24, 2.45) is 11.7 Å². The molecule has 0 aliphatic heterocycles. The summed E-state index contributed by atoms with van der Waals surface area (Å²) in [5.74, 6) is -1.82. The molecule has 30 heavy (non-hydrogen) atoms. The number of benzene rings is 2. The van der Waals surface area contributed by atoms with Crippen LogP contribution in [0.25, 0.3) is 11.1 Å². The average Bonchev–Trinajstić information content (AvgIpc) is 2.63. The van der Waals surface area contributed by atoms with E-state index in [1.165, 1.54) is 26.0 Å². The van der Waals surface area contributed by atoms with Crippen LogP contribution in [0.1, 0.15) is 25.0 Å². The molecule has 0 radical (unpaired) electrons. The van der Waals surface area contributed by atoms with Crippen LogP contribution in [0.5, 0.6) is 0 Å². The summed E-state index contributed by atoms with van der Waals surface area (Å²) in [4.78, 5) is 12.0. The van der Waals surface area contributed by atoms with Gasteiger partial charge in [0.25, 0.3) is 16.0 Å². The Balaban J connectivity index is 2.44. The molecule has 0 aliphatic carbocycles. The van der Waals surface area contributed by atoms with Gasteiger partial charge in [-0.05, 0) is 22.8 Å². The second-order valence-electron chi connectivity index (χ2n) is 7.14. The molecule has 3 N–H and O–H groups in total. The van der Waals surface area contributed by atoms with Gasteiger partial charge in [0, 0.05) is 12.5 Å². The maximum Gasteiger partial charge on any atom is 0.417 e. The molecule has 164 valence electrons. The molecular weight excluding hydrogens is 421 g/mol. The summed E-state index contributed by atoms with van der Waals surface area (Å²) < 4.78 is 69.2. The number of hydrogen-bond donors (Lipinski definition) is 2. The van der Waals surface area contributed by atoms with E-state index in [-0.39, 0.29) is 17.7 Å². The fourth-order valence-corrected chi connectivity index (χ4v) is 3.83. The van der Waals surface area contributed by atoms with Crippen molar-refractivity contribution in [1.29, 1.82) is 0 Å². The number of amides is 1. The van der Waals surface area contributed by atoms with Gasteiger partial charge in [0.15, 0.2) is 0 Å². The van der Waals surface area contributed by atoms with Gasteiger partial charge in [-0.3, -0.25) is 10.1 Å². The normalized spacial score (nSPS) is 14.5. The number of halogens is 3. The van der Waals surface area contributed by atoms with E-state index >= 15 is 0 Å². The quantitative estimate of drug-likeness (QED) is 0.481. The van der Waals surface area contributed by atoms with Crippen LogP contribution < -0.4 is 11.1 Å². The van der Waals surface area contributed by atoms with Crippen molar-refractivity contribution in [3.05, 3.63) is 59.7 Å². The molecule has 0 heterocycles. The molecule has 0 spiro atoms. The Labute approximate surface area is 173 Å². The second kappa shape index (κ2) is 8.75. The van der Waals surface area contributed by atoms with E-state index in [2.05, 4.69) is 5.32 Å².